The third kappa shape index (κ3) is 3.57. The molecule has 29 heavy (non-hydrogen) atoms. The molecule has 13 heteroatoms. The van der Waals surface area contributed by atoms with E-state index in [1.165, 1.54) is 18.4 Å². The number of primary amides is 1. The first-order valence-electron chi connectivity index (χ1n) is 8.22. The molecule has 2 aliphatic heterocycles. The van der Waals surface area contributed by atoms with Crippen molar-refractivity contribution in [3.05, 3.63) is 33.7 Å². The number of nitrogens with one attached hydrogen (secondary N) is 1. The minimum Gasteiger partial charge on any atom is -0.477 e. The minimum absolute atomic E-state index is 0.126. The summed E-state index contributed by atoms with van der Waals surface area (Å²) in [5.74, 6) is -2.65. The largest absolute Gasteiger partial charge is 0.477 e. The summed E-state index contributed by atoms with van der Waals surface area (Å²) in [4.78, 5) is 49.7. The third-order valence-corrected chi connectivity index (χ3v) is 6.79. The van der Waals surface area contributed by atoms with Crippen LogP contribution in [-0.2, 0) is 23.9 Å². The molecule has 3 atom stereocenters. The molecule has 1 saturated heterocycles. The number of carboxylic acid groups (broad SMARTS) is 1. The van der Waals surface area contributed by atoms with Crippen molar-refractivity contribution in [2.75, 3.05) is 19.5 Å². The molecule has 156 valence electrons. The Hall–Kier alpha value is -2.61. The highest BCUT2D eigenvalue weighted by atomic mass is 32.2. The van der Waals surface area contributed by atoms with Gasteiger partial charge >= 0.3 is 12.1 Å². The molecule has 3 amide bonds. The van der Waals surface area contributed by atoms with Gasteiger partial charge in [0.1, 0.15) is 23.7 Å². The van der Waals surface area contributed by atoms with Crippen LogP contribution in [0.1, 0.15) is 10.9 Å². The van der Waals surface area contributed by atoms with Crippen LogP contribution < -0.4 is 16.8 Å². The van der Waals surface area contributed by atoms with E-state index in [1.807, 2.05) is 0 Å². The monoisotopic (exact) mass is 442 g/mol. The number of amides is 3. The van der Waals surface area contributed by atoms with Crippen molar-refractivity contribution in [3.8, 4) is 0 Å². The highest BCUT2D eigenvalue weighted by Crippen LogP contribution is 2.46. The van der Waals surface area contributed by atoms with E-state index in [9.17, 15) is 24.3 Å². The van der Waals surface area contributed by atoms with E-state index < -0.39 is 41.0 Å². The molecule has 0 bridgehead atoms. The SMILES string of the molecule is CO[C@@]1(NC(=O)C(N)c2cccs2)C(=O)N2C(C(=O)O)=C(COC(N)=O)CS[C@H]21. The first-order valence-corrected chi connectivity index (χ1v) is 10.1. The number of nitrogens with two attached hydrogens (primary N) is 2. The number of carbonyl (C=O) groups is 4. The van der Waals surface area contributed by atoms with Gasteiger partial charge in [-0.05, 0) is 11.4 Å². The lowest BCUT2D eigenvalue weighted by atomic mass is 9.97. The maximum absolute atomic E-state index is 12.9. The first kappa shape index (κ1) is 21.1. The second-order valence-electron chi connectivity index (χ2n) is 6.13. The van der Waals surface area contributed by atoms with Crippen LogP contribution in [0.5, 0.6) is 0 Å². The zero-order valence-corrected chi connectivity index (χ0v) is 16.7. The van der Waals surface area contributed by atoms with E-state index in [0.717, 1.165) is 16.7 Å². The number of methoxy groups -OCH3 is 1. The maximum Gasteiger partial charge on any atom is 0.404 e. The Labute approximate surface area is 173 Å². The fourth-order valence-corrected chi connectivity index (χ4v) is 5.22. The summed E-state index contributed by atoms with van der Waals surface area (Å²) < 4.78 is 10.0. The molecule has 0 radical (unpaired) electrons. The fourth-order valence-electron chi connectivity index (χ4n) is 3.07. The molecule has 3 rings (SSSR count). The molecular weight excluding hydrogens is 424 g/mol. The van der Waals surface area contributed by atoms with Gasteiger partial charge in [0.2, 0.25) is 5.91 Å². The highest BCUT2D eigenvalue weighted by Gasteiger charge is 2.66. The van der Waals surface area contributed by atoms with Crippen molar-refractivity contribution in [2.45, 2.75) is 17.1 Å². The Kier molecular flexibility index (Phi) is 5.84. The van der Waals surface area contributed by atoms with E-state index in [2.05, 4.69) is 10.1 Å². The molecule has 1 fully saturated rings. The van der Waals surface area contributed by atoms with Gasteiger partial charge in [0, 0.05) is 23.3 Å². The van der Waals surface area contributed by atoms with Gasteiger partial charge in [-0.25, -0.2) is 9.59 Å². The van der Waals surface area contributed by atoms with Gasteiger partial charge in [-0.1, -0.05) is 6.07 Å². The number of carbonyl (C=O) groups excluding carboxylic acids is 3. The molecule has 0 saturated carbocycles. The van der Waals surface area contributed by atoms with Crippen LogP contribution in [-0.4, -0.2) is 64.5 Å². The molecule has 0 spiro atoms. The van der Waals surface area contributed by atoms with Crippen LogP contribution in [0, 0.1) is 0 Å². The van der Waals surface area contributed by atoms with E-state index >= 15 is 0 Å². The summed E-state index contributed by atoms with van der Waals surface area (Å²) in [6.45, 7) is -0.365. The van der Waals surface area contributed by atoms with Crippen LogP contribution in [0.25, 0.3) is 0 Å². The topological polar surface area (TPSA) is 174 Å². The number of ether oxygens (including phenoxy) is 2. The second-order valence-corrected chi connectivity index (χ2v) is 8.17. The van der Waals surface area contributed by atoms with E-state index in [0.29, 0.717) is 4.88 Å². The smallest absolute Gasteiger partial charge is 0.404 e. The average Bonchev–Trinajstić information content (AvgIpc) is 3.23. The van der Waals surface area contributed by atoms with Crippen molar-refractivity contribution in [1.82, 2.24) is 10.2 Å². The average molecular weight is 442 g/mol. The Morgan fingerprint density at radius 2 is 2.21 bits per heavy atom. The number of nitrogens with zero attached hydrogens (tertiary/aromatic N) is 1. The van der Waals surface area contributed by atoms with Gasteiger partial charge in [0.05, 0.1) is 0 Å². The Bertz CT molecular complexity index is 888. The number of fused-ring (bicyclic) bond motifs is 1. The normalized spacial score (nSPS) is 24.4. The summed E-state index contributed by atoms with van der Waals surface area (Å²) in [5, 5.41) is 13.0. The summed E-state index contributed by atoms with van der Waals surface area (Å²) in [6.07, 6.45) is -1.06. The predicted octanol–water partition coefficient (Wildman–Crippen LogP) is -0.444. The standard InChI is InChI=1S/C16H18N4O7S2/c1-26-16(19-11(21)9(17)8-3-2-4-28-8)13(24)20-10(12(22)23)7(5-27-15(18)25)6-29-14(16)20/h2-4,9,14H,5-6,17H2,1H3,(H2,18,25)(H,19,21)(H,22,23)/t9?,14-,16-/m0/s1. The number of rotatable bonds is 7. The second kappa shape index (κ2) is 8.02. The maximum atomic E-state index is 12.9. The molecule has 0 aromatic carbocycles. The number of β-lactam (4-membered cyclic amide) rings is 1. The lowest BCUT2D eigenvalue weighted by molar-refractivity contribution is -0.192. The molecule has 11 nitrogen and oxygen atoms in total. The van der Waals surface area contributed by atoms with Gasteiger partial charge in [-0.3, -0.25) is 14.5 Å². The van der Waals surface area contributed by atoms with Crippen molar-refractivity contribution < 1.29 is 33.8 Å². The minimum atomic E-state index is -1.76. The van der Waals surface area contributed by atoms with Crippen LogP contribution in [0.15, 0.2) is 28.8 Å². The van der Waals surface area contributed by atoms with Crippen LogP contribution in [0.3, 0.4) is 0 Å². The molecule has 2 aliphatic rings. The van der Waals surface area contributed by atoms with Gasteiger partial charge in [-0.15, -0.1) is 23.1 Å². The lowest BCUT2D eigenvalue weighted by Gasteiger charge is -2.55. The van der Waals surface area contributed by atoms with E-state index in [1.54, 1.807) is 17.5 Å². The quantitative estimate of drug-likeness (QED) is 0.322. The fraction of sp³-hybridized carbons (Fsp3) is 0.375. The number of hydrogen-bond donors (Lipinski definition) is 4. The predicted molar refractivity (Wildman–Crippen MR) is 102 cm³/mol. The van der Waals surface area contributed by atoms with Crippen molar-refractivity contribution >= 4 is 47.0 Å². The Morgan fingerprint density at radius 3 is 2.76 bits per heavy atom. The number of aliphatic carboxylic acids is 1. The summed E-state index contributed by atoms with van der Waals surface area (Å²) >= 11 is 2.44. The number of thioether (sulfide) groups is 1. The molecule has 3 heterocycles. The third-order valence-electron chi connectivity index (χ3n) is 4.46. The first-order chi connectivity index (χ1) is 13.7. The Morgan fingerprint density at radius 1 is 1.48 bits per heavy atom. The van der Waals surface area contributed by atoms with Crippen molar-refractivity contribution in [1.29, 1.82) is 0 Å². The van der Waals surface area contributed by atoms with Gasteiger partial charge < -0.3 is 31.4 Å². The van der Waals surface area contributed by atoms with Crippen molar-refractivity contribution in [3.63, 3.8) is 0 Å². The molecule has 1 unspecified atom stereocenters. The van der Waals surface area contributed by atoms with Gasteiger partial charge in [0.15, 0.2) is 0 Å². The van der Waals surface area contributed by atoms with E-state index in [-0.39, 0.29) is 23.6 Å². The number of thiophene rings is 1. The van der Waals surface area contributed by atoms with Crippen LogP contribution >= 0.6 is 23.1 Å². The zero-order chi connectivity index (χ0) is 21.3. The zero-order valence-electron chi connectivity index (χ0n) is 15.1. The summed E-state index contributed by atoms with van der Waals surface area (Å²) in [6, 6.07) is 2.42. The van der Waals surface area contributed by atoms with Gasteiger partial charge in [0.25, 0.3) is 11.6 Å². The lowest BCUT2D eigenvalue weighted by Crippen LogP contribution is -2.81. The van der Waals surface area contributed by atoms with Gasteiger partial charge in [-0.2, -0.15) is 0 Å². The molecular formula is C16H18N4O7S2. The van der Waals surface area contributed by atoms with E-state index in [4.69, 9.17) is 16.2 Å². The number of carboxylic acids is 1. The van der Waals surface area contributed by atoms with Crippen LogP contribution in [0.4, 0.5) is 4.79 Å². The Balaban J connectivity index is 1.84. The molecule has 1 aromatic heterocycles. The summed E-state index contributed by atoms with van der Waals surface area (Å²) in [5.41, 5.74) is 9.00. The van der Waals surface area contributed by atoms with Crippen molar-refractivity contribution in [2.24, 2.45) is 11.5 Å². The van der Waals surface area contributed by atoms with Crippen LogP contribution in [0.2, 0.25) is 0 Å². The molecule has 1 aromatic rings. The highest BCUT2D eigenvalue weighted by molar-refractivity contribution is 8.00. The number of hydrogen-bond acceptors (Lipinski definition) is 9. The summed E-state index contributed by atoms with van der Waals surface area (Å²) in [7, 11) is 1.24. The molecule has 6 N–H and O–H groups in total. The molecule has 0 aliphatic carbocycles.